The quantitative estimate of drug-likeness (QED) is 0.0567. The summed E-state index contributed by atoms with van der Waals surface area (Å²) in [7, 11) is 2.07. The summed E-state index contributed by atoms with van der Waals surface area (Å²) < 4.78 is 3.31. The minimum atomic E-state index is -0.335. The third-order valence-corrected chi connectivity index (χ3v) is 11.2. The number of hydrogen-bond acceptors (Lipinski definition) is 10. The maximum absolute atomic E-state index is 11.9. The molecule has 1 fully saturated rings. The number of nitrogens with one attached hydrogen (secondary N) is 2. The molecule has 2 aliphatic rings. The standard InChI is InChI=1S/C39H49ClN8O2S/c1-5-45(4)18-6-17-41-35-14-12-32(24-37(35)48(49)50)51-44-38-34-13-11-31(23-36(34)42-27-43-38)47-21-19-46(20-22-47)26-29-25-39(2,3)16-15-33(29)28-7-9-30(40)10-8-28/h7-14,23-24,27,41H,5-6,15-22,25-26H2,1-4H3,(H,42,43,44). The van der Waals surface area contributed by atoms with Gasteiger partial charge in [0.25, 0.3) is 5.69 Å². The first-order valence-corrected chi connectivity index (χ1v) is 19.1. The molecule has 0 bridgehead atoms. The summed E-state index contributed by atoms with van der Waals surface area (Å²) in [4.78, 5) is 28.6. The van der Waals surface area contributed by atoms with E-state index in [4.69, 9.17) is 11.6 Å². The Balaban J connectivity index is 1.07. The lowest BCUT2D eigenvalue weighted by Gasteiger charge is -2.39. The van der Waals surface area contributed by atoms with E-state index in [1.165, 1.54) is 29.5 Å². The van der Waals surface area contributed by atoms with Gasteiger partial charge in [-0.25, -0.2) is 9.97 Å². The van der Waals surface area contributed by atoms with E-state index in [-0.39, 0.29) is 10.6 Å². The molecule has 1 saturated heterocycles. The van der Waals surface area contributed by atoms with Crippen LogP contribution in [0.3, 0.4) is 0 Å². The van der Waals surface area contributed by atoms with Gasteiger partial charge in [-0.05, 0) is 117 Å². The second-order valence-corrected chi connectivity index (χ2v) is 15.7. The molecule has 3 aromatic carbocycles. The van der Waals surface area contributed by atoms with Crippen LogP contribution in [0.1, 0.15) is 52.0 Å². The number of nitro benzene ring substituents is 1. The van der Waals surface area contributed by atoms with Crippen molar-refractivity contribution in [1.29, 1.82) is 0 Å². The van der Waals surface area contributed by atoms with Crippen molar-refractivity contribution in [2.75, 3.05) is 74.3 Å². The lowest BCUT2D eigenvalue weighted by molar-refractivity contribution is -0.384. The van der Waals surface area contributed by atoms with Gasteiger partial charge < -0.3 is 19.8 Å². The first-order chi connectivity index (χ1) is 24.6. The summed E-state index contributed by atoms with van der Waals surface area (Å²) in [5.74, 6) is 0.673. The second kappa shape index (κ2) is 16.6. The van der Waals surface area contributed by atoms with E-state index < -0.39 is 0 Å². The molecule has 0 unspecified atom stereocenters. The number of fused-ring (bicyclic) bond motifs is 1. The number of allylic oxidation sites excluding steroid dienone is 1. The average Bonchev–Trinajstić information content (AvgIpc) is 3.13. The van der Waals surface area contributed by atoms with Crippen molar-refractivity contribution in [3.63, 3.8) is 0 Å². The van der Waals surface area contributed by atoms with E-state index in [1.807, 2.05) is 18.2 Å². The van der Waals surface area contributed by atoms with Crippen LogP contribution in [0.15, 0.2) is 77.5 Å². The molecule has 2 N–H and O–H groups in total. The topological polar surface area (TPSA) is 103 Å². The van der Waals surface area contributed by atoms with E-state index >= 15 is 0 Å². The van der Waals surface area contributed by atoms with Crippen LogP contribution in [0.4, 0.5) is 22.9 Å². The highest BCUT2D eigenvalue weighted by Crippen LogP contribution is 2.43. The molecule has 1 aliphatic heterocycles. The molecule has 1 aromatic heterocycles. The maximum atomic E-state index is 11.9. The number of nitro groups is 1. The van der Waals surface area contributed by atoms with Crippen LogP contribution in [0.25, 0.3) is 16.5 Å². The maximum Gasteiger partial charge on any atom is 0.293 e. The lowest BCUT2D eigenvalue weighted by atomic mass is 9.73. The van der Waals surface area contributed by atoms with Crippen LogP contribution >= 0.6 is 23.5 Å². The number of benzene rings is 3. The first kappa shape index (κ1) is 36.9. The predicted octanol–water partition coefficient (Wildman–Crippen LogP) is 8.85. The molecular formula is C39H49ClN8O2S. The van der Waals surface area contributed by atoms with Crippen LogP contribution in [0.2, 0.25) is 5.02 Å². The summed E-state index contributed by atoms with van der Waals surface area (Å²) >= 11 is 7.51. The Morgan fingerprint density at radius 3 is 2.57 bits per heavy atom. The molecule has 6 rings (SSSR count). The molecule has 0 saturated carbocycles. The highest BCUT2D eigenvalue weighted by Gasteiger charge is 2.29. The molecule has 1 aliphatic carbocycles. The first-order valence-electron chi connectivity index (χ1n) is 17.9. The Morgan fingerprint density at radius 2 is 1.82 bits per heavy atom. The van der Waals surface area contributed by atoms with Gasteiger partial charge in [0, 0.05) is 66.3 Å². The molecule has 0 radical (unpaired) electrons. The molecule has 4 aromatic rings. The van der Waals surface area contributed by atoms with Crippen LogP contribution in [0, 0.1) is 15.5 Å². The fraction of sp³-hybridized carbons (Fsp3) is 0.436. The summed E-state index contributed by atoms with van der Waals surface area (Å²) in [5, 5.41) is 16.8. The Labute approximate surface area is 310 Å². The molecule has 270 valence electrons. The zero-order valence-electron chi connectivity index (χ0n) is 30.1. The number of rotatable bonds is 14. The lowest BCUT2D eigenvalue weighted by Crippen LogP contribution is -2.47. The van der Waals surface area contributed by atoms with Crippen molar-refractivity contribution in [1.82, 2.24) is 19.8 Å². The normalized spacial score (nSPS) is 16.5. The molecule has 2 heterocycles. The van der Waals surface area contributed by atoms with E-state index in [9.17, 15) is 10.1 Å². The van der Waals surface area contributed by atoms with E-state index in [0.717, 1.165) is 91.6 Å². The van der Waals surface area contributed by atoms with Crippen molar-refractivity contribution in [3.8, 4) is 0 Å². The van der Waals surface area contributed by atoms with E-state index in [2.05, 4.69) is 92.9 Å². The van der Waals surface area contributed by atoms with Crippen molar-refractivity contribution in [3.05, 3.63) is 93.3 Å². The number of nitrogens with zero attached hydrogens (tertiary/aromatic N) is 6. The van der Waals surface area contributed by atoms with Gasteiger partial charge in [0.1, 0.15) is 17.8 Å². The highest BCUT2D eigenvalue weighted by molar-refractivity contribution is 8.00. The summed E-state index contributed by atoms with van der Waals surface area (Å²) in [6.07, 6.45) is 5.91. The Morgan fingerprint density at radius 1 is 1.04 bits per heavy atom. The molecular weight excluding hydrogens is 680 g/mol. The van der Waals surface area contributed by atoms with Crippen molar-refractivity contribution in [2.24, 2.45) is 5.41 Å². The third-order valence-electron chi connectivity index (χ3n) is 10.1. The van der Waals surface area contributed by atoms with Gasteiger partial charge >= 0.3 is 0 Å². The number of hydrogen-bond donors (Lipinski definition) is 2. The summed E-state index contributed by atoms with van der Waals surface area (Å²) in [6.45, 7) is 14.4. The van der Waals surface area contributed by atoms with Crippen molar-refractivity contribution >= 4 is 62.9 Å². The van der Waals surface area contributed by atoms with Gasteiger partial charge in [0.2, 0.25) is 0 Å². The fourth-order valence-electron chi connectivity index (χ4n) is 7.03. The van der Waals surface area contributed by atoms with Crippen LogP contribution in [-0.4, -0.2) is 84.1 Å². The van der Waals surface area contributed by atoms with E-state index in [1.54, 1.807) is 24.0 Å². The SMILES string of the molecule is CCN(C)CCCNc1ccc(SNc2ncnc3cc(N4CCN(CC5=C(c6ccc(Cl)cc6)CCC(C)(C)C5)CC4)ccc23)cc1[N+](=O)[O-]. The second-order valence-electron chi connectivity index (χ2n) is 14.4. The van der Waals surface area contributed by atoms with Crippen LogP contribution in [0.5, 0.6) is 0 Å². The molecule has 12 heteroatoms. The van der Waals surface area contributed by atoms with E-state index in [0.29, 0.717) is 23.5 Å². The number of piperazine rings is 1. The number of aromatic nitrogens is 2. The predicted molar refractivity (Wildman–Crippen MR) is 213 cm³/mol. The van der Waals surface area contributed by atoms with Gasteiger partial charge in [-0.2, -0.15) is 0 Å². The molecule has 0 atom stereocenters. The van der Waals surface area contributed by atoms with Gasteiger partial charge in [-0.15, -0.1) is 0 Å². The molecule has 51 heavy (non-hydrogen) atoms. The monoisotopic (exact) mass is 728 g/mol. The zero-order chi connectivity index (χ0) is 36.0. The fourth-order valence-corrected chi connectivity index (χ4v) is 7.84. The minimum Gasteiger partial charge on any atom is -0.379 e. The van der Waals surface area contributed by atoms with Gasteiger partial charge in [0.15, 0.2) is 0 Å². The van der Waals surface area contributed by atoms with Crippen LogP contribution < -0.4 is 14.9 Å². The molecule has 10 nitrogen and oxygen atoms in total. The van der Waals surface area contributed by atoms with Crippen molar-refractivity contribution < 1.29 is 4.92 Å². The van der Waals surface area contributed by atoms with Gasteiger partial charge in [-0.1, -0.05) is 50.1 Å². The summed E-state index contributed by atoms with van der Waals surface area (Å²) in [5.41, 5.74) is 7.29. The third kappa shape index (κ3) is 9.51. The van der Waals surface area contributed by atoms with Gasteiger partial charge in [-0.3, -0.25) is 15.0 Å². The number of halogens is 1. The summed E-state index contributed by atoms with van der Waals surface area (Å²) in [6, 6.07) is 20.0. The minimum absolute atomic E-state index is 0.0595. The Bertz CT molecular complexity index is 1860. The molecule has 0 amide bonds. The zero-order valence-corrected chi connectivity index (χ0v) is 31.7. The Hall–Kier alpha value is -3.90. The average molecular weight is 729 g/mol. The molecule has 0 spiro atoms. The van der Waals surface area contributed by atoms with Crippen LogP contribution in [-0.2, 0) is 0 Å². The van der Waals surface area contributed by atoms with Gasteiger partial charge in [0.05, 0.1) is 10.4 Å². The largest absolute Gasteiger partial charge is 0.379 e. The van der Waals surface area contributed by atoms with Crippen molar-refractivity contribution in [2.45, 2.75) is 51.3 Å². The number of anilines is 3. The Kier molecular flexibility index (Phi) is 12.0. The highest BCUT2D eigenvalue weighted by atomic mass is 35.5. The smallest absolute Gasteiger partial charge is 0.293 e.